The summed E-state index contributed by atoms with van der Waals surface area (Å²) in [5.41, 5.74) is 0. The third-order valence-electron chi connectivity index (χ3n) is 12.7. The maximum absolute atomic E-state index is 13.2. The second kappa shape index (κ2) is 36.8. The number of unbranched alkanes of at least 4 members (excludes halogenated alkanes) is 26. The van der Waals surface area contributed by atoms with Crippen LogP contribution in [0.5, 0.6) is 0 Å². The Morgan fingerprint density at radius 3 is 1.46 bits per heavy atom. The van der Waals surface area contributed by atoms with Gasteiger partial charge in [-0.2, -0.15) is 0 Å². The van der Waals surface area contributed by atoms with Crippen molar-refractivity contribution in [3.63, 3.8) is 0 Å². The maximum Gasteiger partial charge on any atom is 0.220 e. The first-order valence-corrected chi connectivity index (χ1v) is 25.4. The lowest BCUT2D eigenvalue weighted by Crippen LogP contribution is -2.65. The number of nitrogens with one attached hydrogen (secondary N) is 1. The van der Waals surface area contributed by atoms with Gasteiger partial charge in [-0.25, -0.2) is 0 Å². The first-order chi connectivity index (χ1) is 30.6. The molecule has 0 bridgehead atoms. The molecule has 0 aromatic heterocycles. The number of hydrogen-bond donors (Lipinski definition) is 9. The van der Waals surface area contributed by atoms with Gasteiger partial charge in [0.25, 0.3) is 0 Å². The largest absolute Gasteiger partial charge is 0.394 e. The zero-order chi connectivity index (χ0) is 46.1. The average Bonchev–Trinajstić information content (AvgIpc) is 3.28. The standard InChI is InChI=1S/C49H93NO13/c1-3-5-7-9-11-13-15-17-19-21-23-25-27-29-31-33-41(54)50-37(38(53)32-30-28-26-24-22-20-18-16-14-12-10-8-6-4-2)36-60-48-46(59)44(57)47(40(35-52)62-48)63-49-45(58)43(56)42(55)39(34-51)61-49/h30,32,37-40,42-49,51-53,55-59H,3-29,31,33-36H2,1-2H3,(H,50,54)/b32-30+. The van der Waals surface area contributed by atoms with Crippen LogP contribution in [0.2, 0.25) is 0 Å². The van der Waals surface area contributed by atoms with Crippen molar-refractivity contribution in [2.24, 2.45) is 0 Å². The van der Waals surface area contributed by atoms with Crippen LogP contribution in [-0.4, -0.2) is 140 Å². The van der Waals surface area contributed by atoms with Gasteiger partial charge in [0.2, 0.25) is 5.91 Å². The molecule has 0 saturated carbocycles. The van der Waals surface area contributed by atoms with E-state index in [1.807, 2.05) is 6.08 Å². The second-order valence-electron chi connectivity index (χ2n) is 18.3. The summed E-state index contributed by atoms with van der Waals surface area (Å²) >= 11 is 0. The summed E-state index contributed by atoms with van der Waals surface area (Å²) in [5.74, 6) is -0.238. The Kier molecular flexibility index (Phi) is 33.8. The van der Waals surface area contributed by atoms with Crippen molar-refractivity contribution in [2.75, 3.05) is 19.8 Å². The smallest absolute Gasteiger partial charge is 0.220 e. The minimum Gasteiger partial charge on any atom is -0.394 e. The van der Waals surface area contributed by atoms with Gasteiger partial charge in [0, 0.05) is 6.42 Å². The van der Waals surface area contributed by atoms with Crippen molar-refractivity contribution in [1.29, 1.82) is 0 Å². The first kappa shape index (κ1) is 57.9. The minimum absolute atomic E-state index is 0.238. The molecule has 2 aliphatic heterocycles. The number of aliphatic hydroxyl groups excluding tert-OH is 8. The number of rotatable bonds is 39. The van der Waals surface area contributed by atoms with E-state index in [1.165, 1.54) is 135 Å². The summed E-state index contributed by atoms with van der Waals surface area (Å²) in [6, 6.07) is -0.907. The fourth-order valence-corrected chi connectivity index (χ4v) is 8.53. The molecular weight excluding hydrogens is 811 g/mol. The van der Waals surface area contributed by atoms with E-state index in [1.54, 1.807) is 6.08 Å². The van der Waals surface area contributed by atoms with Crippen molar-refractivity contribution in [3.05, 3.63) is 12.2 Å². The van der Waals surface area contributed by atoms with Gasteiger partial charge in [0.15, 0.2) is 12.6 Å². The molecule has 14 nitrogen and oxygen atoms in total. The monoisotopic (exact) mass is 904 g/mol. The highest BCUT2D eigenvalue weighted by Gasteiger charge is 2.51. The van der Waals surface area contributed by atoms with E-state index in [0.717, 1.165) is 38.5 Å². The fourth-order valence-electron chi connectivity index (χ4n) is 8.53. The normalized spacial score (nSPS) is 27.5. The summed E-state index contributed by atoms with van der Waals surface area (Å²) < 4.78 is 22.7. The maximum atomic E-state index is 13.2. The van der Waals surface area contributed by atoms with Crippen LogP contribution in [0, 0.1) is 0 Å². The van der Waals surface area contributed by atoms with Crippen LogP contribution in [0.4, 0.5) is 0 Å². The van der Waals surface area contributed by atoms with Gasteiger partial charge in [0.05, 0.1) is 32.0 Å². The summed E-state index contributed by atoms with van der Waals surface area (Å²) in [7, 11) is 0. The number of carbonyl (C=O) groups excluding carboxylic acids is 1. The lowest BCUT2D eigenvalue weighted by atomic mass is 9.97. The minimum atomic E-state index is -1.78. The van der Waals surface area contributed by atoms with Crippen molar-refractivity contribution in [1.82, 2.24) is 5.32 Å². The van der Waals surface area contributed by atoms with Gasteiger partial charge in [0.1, 0.15) is 48.8 Å². The van der Waals surface area contributed by atoms with Crippen LogP contribution in [-0.2, 0) is 23.7 Å². The number of aliphatic hydroxyl groups is 8. The van der Waals surface area contributed by atoms with E-state index in [9.17, 15) is 45.6 Å². The molecule has 0 aliphatic carbocycles. The molecule has 2 aliphatic rings. The van der Waals surface area contributed by atoms with E-state index in [0.29, 0.717) is 6.42 Å². The molecule has 12 atom stereocenters. The Balaban J connectivity index is 1.86. The molecule has 1 amide bonds. The molecule has 0 aromatic carbocycles. The van der Waals surface area contributed by atoms with Crippen LogP contribution in [0.1, 0.15) is 200 Å². The van der Waals surface area contributed by atoms with Crippen molar-refractivity contribution < 1.29 is 64.6 Å². The number of amides is 1. The third-order valence-corrected chi connectivity index (χ3v) is 12.7. The molecule has 372 valence electrons. The summed E-state index contributed by atoms with van der Waals surface area (Å²) in [6.45, 7) is 2.79. The Labute approximate surface area is 380 Å². The predicted octanol–water partition coefficient (Wildman–Crippen LogP) is 6.38. The summed E-state index contributed by atoms with van der Waals surface area (Å²) in [6.07, 6.45) is 21.0. The van der Waals surface area contributed by atoms with Crippen LogP contribution in [0.25, 0.3) is 0 Å². The molecule has 12 unspecified atom stereocenters. The zero-order valence-electron chi connectivity index (χ0n) is 39.3. The summed E-state index contributed by atoms with van der Waals surface area (Å²) in [4.78, 5) is 13.2. The first-order valence-electron chi connectivity index (χ1n) is 25.4. The average molecular weight is 904 g/mol. The van der Waals surface area contributed by atoms with Crippen LogP contribution < -0.4 is 5.32 Å². The number of hydrogen-bond acceptors (Lipinski definition) is 13. The molecule has 63 heavy (non-hydrogen) atoms. The SMILES string of the molecule is CCCCCCCCCCCCCC/C=C/C(O)C(COC1OC(CO)C(OC2OC(CO)C(O)C(O)C2O)C(O)C1O)NC(=O)CCCCCCCCCCCCCCCCC. The van der Waals surface area contributed by atoms with Gasteiger partial charge >= 0.3 is 0 Å². The van der Waals surface area contributed by atoms with Crippen molar-refractivity contribution >= 4 is 5.91 Å². The fraction of sp³-hybridized carbons (Fsp3) is 0.939. The van der Waals surface area contributed by atoms with E-state index >= 15 is 0 Å². The van der Waals surface area contributed by atoms with Crippen LogP contribution >= 0.6 is 0 Å². The van der Waals surface area contributed by atoms with Crippen LogP contribution in [0.3, 0.4) is 0 Å². The predicted molar refractivity (Wildman–Crippen MR) is 245 cm³/mol. The van der Waals surface area contributed by atoms with Gasteiger partial charge in [-0.3, -0.25) is 4.79 Å². The van der Waals surface area contributed by atoms with E-state index in [2.05, 4.69) is 19.2 Å². The van der Waals surface area contributed by atoms with Gasteiger partial charge in [-0.05, 0) is 19.3 Å². The molecule has 2 rings (SSSR count). The quantitative estimate of drug-likeness (QED) is 0.0241. The van der Waals surface area contributed by atoms with Crippen molar-refractivity contribution in [3.8, 4) is 0 Å². The third kappa shape index (κ3) is 24.4. The number of ether oxygens (including phenoxy) is 4. The molecular formula is C49H93NO13. The zero-order valence-corrected chi connectivity index (χ0v) is 39.3. The Bertz CT molecular complexity index is 1120. The van der Waals surface area contributed by atoms with E-state index in [4.69, 9.17) is 18.9 Å². The Hall–Kier alpha value is -1.27. The second-order valence-corrected chi connectivity index (χ2v) is 18.3. The van der Waals surface area contributed by atoms with Gasteiger partial charge in [-0.15, -0.1) is 0 Å². The Morgan fingerprint density at radius 1 is 0.556 bits per heavy atom. The van der Waals surface area contributed by atoms with Crippen LogP contribution in [0.15, 0.2) is 12.2 Å². The topological polar surface area (TPSA) is 228 Å². The molecule has 14 heteroatoms. The molecule has 2 heterocycles. The highest BCUT2D eigenvalue weighted by Crippen LogP contribution is 2.30. The molecule has 0 aromatic rings. The van der Waals surface area contributed by atoms with Crippen molar-refractivity contribution in [2.45, 2.75) is 274 Å². The van der Waals surface area contributed by atoms with Gasteiger partial charge < -0.3 is 65.1 Å². The molecule has 0 radical (unpaired) electrons. The lowest BCUT2D eigenvalue weighted by Gasteiger charge is -2.46. The molecule has 0 spiro atoms. The molecule has 9 N–H and O–H groups in total. The Morgan fingerprint density at radius 2 is 0.984 bits per heavy atom. The lowest BCUT2D eigenvalue weighted by molar-refractivity contribution is -0.359. The molecule has 2 saturated heterocycles. The highest BCUT2D eigenvalue weighted by molar-refractivity contribution is 5.76. The molecule has 2 fully saturated rings. The highest BCUT2D eigenvalue weighted by atomic mass is 16.7. The number of allylic oxidation sites excluding steroid dienone is 1. The summed E-state index contributed by atoms with van der Waals surface area (Å²) in [5, 5.41) is 86.7. The number of carbonyl (C=O) groups is 1. The van der Waals surface area contributed by atoms with Gasteiger partial charge in [-0.1, -0.05) is 187 Å². The van der Waals surface area contributed by atoms with E-state index in [-0.39, 0.29) is 18.9 Å². The van der Waals surface area contributed by atoms with E-state index < -0.39 is 86.8 Å².